The topological polar surface area (TPSA) is 29.5 Å². The number of methoxy groups -OCH3 is 1. The summed E-state index contributed by atoms with van der Waals surface area (Å²) >= 11 is 0. The molecule has 22 heavy (non-hydrogen) atoms. The van der Waals surface area contributed by atoms with Gasteiger partial charge in [0.15, 0.2) is 15.5 Å². The Bertz CT molecular complexity index is 739. The van der Waals surface area contributed by atoms with Crippen LogP contribution < -0.4 is 4.74 Å². The van der Waals surface area contributed by atoms with E-state index in [-0.39, 0.29) is 10.9 Å². The molecule has 0 saturated carbocycles. The summed E-state index contributed by atoms with van der Waals surface area (Å²) in [5, 5.41) is 10.3. The van der Waals surface area contributed by atoms with E-state index in [1.807, 2.05) is 48.5 Å². The van der Waals surface area contributed by atoms with Crippen LogP contribution in [-0.2, 0) is 10.9 Å². The van der Waals surface area contributed by atoms with Crippen molar-refractivity contribution in [3.05, 3.63) is 78.9 Å². The lowest BCUT2D eigenvalue weighted by Gasteiger charge is -2.09. The molecule has 1 atom stereocenters. The molecule has 0 saturated heterocycles. The molecule has 3 aromatic rings. The molecule has 0 radical (unpaired) electrons. The predicted molar refractivity (Wildman–Crippen MR) is 89.7 cm³/mol. The minimum absolute atomic E-state index is 0.325. The Hall–Kier alpha value is -2.39. The fraction of sp³-hybridized carbons (Fsp3) is 0.0526. The van der Waals surface area contributed by atoms with E-state index in [1.165, 1.54) is 4.90 Å². The largest absolute Gasteiger partial charge is 0.503 e. The van der Waals surface area contributed by atoms with Crippen LogP contribution in [0.5, 0.6) is 11.5 Å². The number of para-hydroxylation sites is 1. The average Bonchev–Trinajstić information content (AvgIpc) is 2.58. The van der Waals surface area contributed by atoms with Crippen LogP contribution in [-0.4, -0.2) is 12.2 Å². The highest BCUT2D eigenvalue weighted by Crippen LogP contribution is 2.36. The summed E-state index contributed by atoms with van der Waals surface area (Å²) in [7, 11) is 1.32. The van der Waals surface area contributed by atoms with E-state index in [1.54, 1.807) is 13.2 Å². The number of phenolic OH excluding ortho intramolecular Hbond substituents is 1. The maximum absolute atomic E-state index is 10.3. The SMILES string of the molecule is COc1ccc([S+](c2ccccc2)c2ccccc2O)cc1. The first kappa shape index (κ1) is 14.5. The van der Waals surface area contributed by atoms with Crippen LogP contribution in [0.15, 0.2) is 93.5 Å². The Morgan fingerprint density at radius 1 is 0.727 bits per heavy atom. The quantitative estimate of drug-likeness (QED) is 0.719. The van der Waals surface area contributed by atoms with Crippen LogP contribution in [0.3, 0.4) is 0 Å². The van der Waals surface area contributed by atoms with E-state index in [0.29, 0.717) is 5.75 Å². The Labute approximate surface area is 133 Å². The Morgan fingerprint density at radius 2 is 1.32 bits per heavy atom. The number of ether oxygens (including phenoxy) is 1. The van der Waals surface area contributed by atoms with E-state index in [0.717, 1.165) is 15.5 Å². The minimum atomic E-state index is -0.342. The zero-order valence-electron chi connectivity index (χ0n) is 12.3. The molecule has 0 fully saturated rings. The van der Waals surface area contributed by atoms with E-state index >= 15 is 0 Å². The normalized spacial score (nSPS) is 11.9. The van der Waals surface area contributed by atoms with Crippen molar-refractivity contribution >= 4 is 10.9 Å². The van der Waals surface area contributed by atoms with Crippen molar-refractivity contribution in [2.24, 2.45) is 0 Å². The molecule has 3 aromatic carbocycles. The van der Waals surface area contributed by atoms with Gasteiger partial charge in [0, 0.05) is 0 Å². The van der Waals surface area contributed by atoms with Crippen LogP contribution in [0.25, 0.3) is 0 Å². The predicted octanol–water partition coefficient (Wildman–Crippen LogP) is 4.50. The van der Waals surface area contributed by atoms with Gasteiger partial charge in [-0.2, -0.15) is 0 Å². The van der Waals surface area contributed by atoms with Gasteiger partial charge in [0.2, 0.25) is 4.90 Å². The molecule has 0 bridgehead atoms. The molecule has 1 unspecified atom stereocenters. The second-order valence-electron chi connectivity index (χ2n) is 4.76. The summed E-state index contributed by atoms with van der Waals surface area (Å²) in [4.78, 5) is 3.25. The lowest BCUT2D eigenvalue weighted by Crippen LogP contribution is -2.05. The van der Waals surface area contributed by atoms with Crippen LogP contribution in [0.2, 0.25) is 0 Å². The fourth-order valence-electron chi connectivity index (χ4n) is 2.29. The standard InChI is InChI=1S/C19H16O2S/c1-21-15-11-13-17(14-12-15)22(16-7-3-2-4-8-16)19-10-6-5-9-18(19)20/h2-14H,1H3/p+1. The molecule has 3 heteroatoms. The van der Waals surface area contributed by atoms with Gasteiger partial charge in [-0.1, -0.05) is 30.3 Å². The molecule has 0 aliphatic carbocycles. The number of hydrogen-bond acceptors (Lipinski definition) is 2. The third-order valence-electron chi connectivity index (χ3n) is 3.36. The van der Waals surface area contributed by atoms with Crippen molar-refractivity contribution in [1.82, 2.24) is 0 Å². The van der Waals surface area contributed by atoms with Crippen LogP contribution >= 0.6 is 0 Å². The Balaban J connectivity index is 2.12. The van der Waals surface area contributed by atoms with Crippen LogP contribution in [0.1, 0.15) is 0 Å². The maximum Gasteiger partial charge on any atom is 0.208 e. The summed E-state index contributed by atoms with van der Waals surface area (Å²) < 4.78 is 5.24. The van der Waals surface area contributed by atoms with Crippen molar-refractivity contribution in [1.29, 1.82) is 0 Å². The van der Waals surface area contributed by atoms with E-state index in [4.69, 9.17) is 4.74 Å². The second-order valence-corrected chi connectivity index (χ2v) is 6.76. The van der Waals surface area contributed by atoms with Crippen LogP contribution in [0.4, 0.5) is 0 Å². The molecule has 1 N–H and O–H groups in total. The molecule has 0 aliphatic rings. The number of benzene rings is 3. The fourth-order valence-corrected chi connectivity index (χ4v) is 4.40. The molecule has 0 aromatic heterocycles. The third kappa shape index (κ3) is 2.95. The molecule has 0 amide bonds. The zero-order valence-corrected chi connectivity index (χ0v) is 13.1. The molecule has 0 heterocycles. The minimum Gasteiger partial charge on any atom is -0.503 e. The van der Waals surface area contributed by atoms with Gasteiger partial charge < -0.3 is 9.84 Å². The number of rotatable bonds is 4. The lowest BCUT2D eigenvalue weighted by atomic mass is 10.3. The lowest BCUT2D eigenvalue weighted by molar-refractivity contribution is 0.414. The Morgan fingerprint density at radius 3 is 1.95 bits per heavy atom. The molecule has 0 aliphatic heterocycles. The first-order valence-corrected chi connectivity index (χ1v) is 8.23. The van der Waals surface area contributed by atoms with Gasteiger partial charge in [-0.15, -0.1) is 0 Å². The van der Waals surface area contributed by atoms with Crippen molar-refractivity contribution < 1.29 is 9.84 Å². The van der Waals surface area contributed by atoms with E-state index in [2.05, 4.69) is 24.3 Å². The van der Waals surface area contributed by atoms with Crippen molar-refractivity contribution in [3.8, 4) is 11.5 Å². The van der Waals surface area contributed by atoms with Gasteiger partial charge in [-0.05, 0) is 48.5 Å². The first-order valence-electron chi connectivity index (χ1n) is 7.01. The monoisotopic (exact) mass is 309 g/mol. The second kappa shape index (κ2) is 6.58. The van der Waals surface area contributed by atoms with Gasteiger partial charge in [0.05, 0.1) is 7.11 Å². The van der Waals surface area contributed by atoms with Gasteiger partial charge in [0.1, 0.15) is 16.6 Å². The smallest absolute Gasteiger partial charge is 0.208 e. The molecule has 0 spiro atoms. The number of hydrogen-bond donors (Lipinski definition) is 1. The van der Waals surface area contributed by atoms with Gasteiger partial charge in [-0.3, -0.25) is 0 Å². The average molecular weight is 309 g/mol. The number of aromatic hydroxyl groups is 1. The molecule has 3 rings (SSSR count). The first-order chi connectivity index (χ1) is 10.8. The summed E-state index contributed by atoms with van der Waals surface area (Å²) in [5.74, 6) is 1.16. The van der Waals surface area contributed by atoms with E-state index in [9.17, 15) is 5.11 Å². The molecular weight excluding hydrogens is 292 g/mol. The third-order valence-corrected chi connectivity index (χ3v) is 5.63. The molecule has 2 nitrogen and oxygen atoms in total. The highest BCUT2D eigenvalue weighted by molar-refractivity contribution is 7.97. The summed E-state index contributed by atoms with van der Waals surface area (Å²) in [6, 6.07) is 25.8. The van der Waals surface area contributed by atoms with Gasteiger partial charge in [-0.25, -0.2) is 0 Å². The van der Waals surface area contributed by atoms with Crippen molar-refractivity contribution in [2.45, 2.75) is 14.7 Å². The maximum atomic E-state index is 10.3. The highest BCUT2D eigenvalue weighted by Gasteiger charge is 2.31. The molecular formula is C19H17O2S+. The highest BCUT2D eigenvalue weighted by atomic mass is 32.2. The Kier molecular flexibility index (Phi) is 4.35. The zero-order chi connectivity index (χ0) is 15.4. The summed E-state index contributed by atoms with van der Waals surface area (Å²) in [6.07, 6.45) is 0. The van der Waals surface area contributed by atoms with Crippen molar-refractivity contribution in [3.63, 3.8) is 0 Å². The van der Waals surface area contributed by atoms with E-state index < -0.39 is 0 Å². The van der Waals surface area contributed by atoms with Gasteiger partial charge in [0.25, 0.3) is 0 Å². The van der Waals surface area contributed by atoms with Gasteiger partial charge >= 0.3 is 0 Å². The number of phenols is 1. The molecule has 110 valence electrons. The summed E-state index contributed by atoms with van der Waals surface area (Å²) in [5.41, 5.74) is 0. The van der Waals surface area contributed by atoms with Crippen LogP contribution in [0, 0.1) is 0 Å². The van der Waals surface area contributed by atoms with Crippen molar-refractivity contribution in [2.75, 3.05) is 7.11 Å². The summed E-state index contributed by atoms with van der Waals surface area (Å²) in [6.45, 7) is 0.